The minimum Gasteiger partial charge on any atom is -0.387 e. The Balaban J connectivity index is 2.58. The van der Waals surface area contributed by atoms with E-state index in [-0.39, 0.29) is 0 Å². The summed E-state index contributed by atoms with van der Waals surface area (Å²) in [5.74, 6) is 0.576. The highest BCUT2D eigenvalue weighted by Gasteiger charge is 2.12. The maximum Gasteiger partial charge on any atom is 0.0973 e. The van der Waals surface area contributed by atoms with Crippen molar-refractivity contribution in [3.8, 4) is 0 Å². The molecule has 1 rings (SSSR count). The van der Waals surface area contributed by atoms with E-state index in [1.165, 1.54) is 0 Å². The molecule has 0 aliphatic rings. The van der Waals surface area contributed by atoms with E-state index >= 15 is 0 Å². The lowest BCUT2D eigenvalue weighted by Crippen LogP contribution is -2.09. The average Bonchev–Trinajstić information content (AvgIpc) is 2.63. The summed E-state index contributed by atoms with van der Waals surface area (Å²) in [4.78, 5) is 0. The Bertz CT molecular complexity index is 264. The number of rotatable bonds is 6. The Kier molecular flexibility index (Phi) is 4.90. The van der Waals surface area contributed by atoms with E-state index < -0.39 is 6.10 Å². The molecule has 0 radical (unpaired) electrons. The van der Waals surface area contributed by atoms with Crippen LogP contribution in [0.4, 0.5) is 0 Å². The van der Waals surface area contributed by atoms with Crippen molar-refractivity contribution in [2.24, 2.45) is 0 Å². The van der Waals surface area contributed by atoms with Crippen molar-refractivity contribution in [3.63, 3.8) is 0 Å². The molecule has 4 nitrogen and oxygen atoms in total. The molecule has 14 heavy (non-hydrogen) atoms. The minimum absolute atomic E-state index is 0.490. The van der Waals surface area contributed by atoms with E-state index in [0.29, 0.717) is 12.3 Å². The topological polar surface area (TPSA) is 50.9 Å². The Morgan fingerprint density at radius 2 is 2.43 bits per heavy atom. The minimum atomic E-state index is -0.490. The van der Waals surface area contributed by atoms with Crippen LogP contribution in [0.25, 0.3) is 0 Å². The highest BCUT2D eigenvalue weighted by molar-refractivity contribution is 6.17. The first-order valence-corrected chi connectivity index (χ1v) is 5.45. The van der Waals surface area contributed by atoms with Gasteiger partial charge >= 0.3 is 0 Å². The molecule has 0 aliphatic carbocycles. The molecule has 80 valence electrons. The fourth-order valence-electron chi connectivity index (χ4n) is 1.33. The van der Waals surface area contributed by atoms with Gasteiger partial charge in [0.1, 0.15) is 0 Å². The molecule has 0 spiro atoms. The molecule has 0 bridgehead atoms. The summed E-state index contributed by atoms with van der Waals surface area (Å²) in [7, 11) is 0. The van der Waals surface area contributed by atoms with E-state index in [1.807, 2.05) is 0 Å². The third-order valence-corrected chi connectivity index (χ3v) is 2.30. The third-order valence-electron chi connectivity index (χ3n) is 2.04. The quantitative estimate of drug-likeness (QED) is 0.739. The molecule has 0 saturated heterocycles. The van der Waals surface area contributed by atoms with E-state index in [9.17, 15) is 5.11 Å². The highest BCUT2D eigenvalue weighted by Crippen LogP contribution is 2.17. The van der Waals surface area contributed by atoms with Gasteiger partial charge in [-0.1, -0.05) is 12.1 Å². The summed E-state index contributed by atoms with van der Waals surface area (Å²) < 4.78 is 1.75. The lowest BCUT2D eigenvalue weighted by Gasteiger charge is -2.10. The number of nitrogens with zero attached hydrogens (tertiary/aromatic N) is 3. The Morgan fingerprint density at radius 1 is 1.64 bits per heavy atom. The lowest BCUT2D eigenvalue weighted by atomic mass is 10.1. The summed E-state index contributed by atoms with van der Waals surface area (Å²) in [6.07, 6.45) is 3.59. The fourth-order valence-corrected chi connectivity index (χ4v) is 1.48. The number of aryl methyl sites for hydroxylation is 1. The number of aliphatic hydroxyl groups is 1. The molecule has 1 atom stereocenters. The van der Waals surface area contributed by atoms with Crippen LogP contribution in [0.15, 0.2) is 6.20 Å². The van der Waals surface area contributed by atoms with Gasteiger partial charge in [0.2, 0.25) is 0 Å². The smallest absolute Gasteiger partial charge is 0.0973 e. The first-order chi connectivity index (χ1) is 6.79. The third kappa shape index (κ3) is 2.96. The van der Waals surface area contributed by atoms with Crippen molar-refractivity contribution < 1.29 is 5.11 Å². The second-order valence-electron chi connectivity index (χ2n) is 3.23. The van der Waals surface area contributed by atoms with Crippen LogP contribution < -0.4 is 0 Å². The predicted molar refractivity (Wildman–Crippen MR) is 55.2 cm³/mol. The largest absolute Gasteiger partial charge is 0.387 e. The monoisotopic (exact) mass is 217 g/mol. The number of aromatic nitrogens is 3. The van der Waals surface area contributed by atoms with Crippen LogP contribution >= 0.6 is 11.6 Å². The van der Waals surface area contributed by atoms with Crippen LogP contribution in [0.1, 0.15) is 38.0 Å². The van der Waals surface area contributed by atoms with Crippen LogP contribution in [0.3, 0.4) is 0 Å². The number of hydrogen-bond acceptors (Lipinski definition) is 3. The second kappa shape index (κ2) is 5.98. The molecule has 0 amide bonds. The van der Waals surface area contributed by atoms with Crippen molar-refractivity contribution in [1.29, 1.82) is 0 Å². The summed E-state index contributed by atoms with van der Waals surface area (Å²) in [6.45, 7) is 2.86. The van der Waals surface area contributed by atoms with Gasteiger partial charge in [-0.15, -0.1) is 16.7 Å². The second-order valence-corrected chi connectivity index (χ2v) is 3.61. The number of hydrogen-bond donors (Lipinski definition) is 1. The summed E-state index contributed by atoms with van der Waals surface area (Å²) in [5, 5.41) is 17.5. The van der Waals surface area contributed by atoms with E-state index in [0.717, 1.165) is 25.1 Å². The Labute approximate surface area is 88.9 Å². The summed E-state index contributed by atoms with van der Waals surface area (Å²) >= 11 is 5.56. The van der Waals surface area contributed by atoms with Gasteiger partial charge in [-0.2, -0.15) is 0 Å². The summed E-state index contributed by atoms with van der Waals surface area (Å²) in [6, 6.07) is 0. The van der Waals surface area contributed by atoms with E-state index in [4.69, 9.17) is 11.6 Å². The van der Waals surface area contributed by atoms with Gasteiger partial charge in [0.25, 0.3) is 0 Å². The normalized spacial score (nSPS) is 13.1. The summed E-state index contributed by atoms with van der Waals surface area (Å²) in [5.41, 5.74) is 0.789. The van der Waals surface area contributed by atoms with Crippen LogP contribution in [-0.2, 0) is 6.54 Å². The molecule has 0 aromatic carbocycles. The molecule has 1 N–H and O–H groups in total. The number of halogens is 1. The molecule has 0 fully saturated rings. The first-order valence-electron chi connectivity index (χ1n) is 4.92. The average molecular weight is 218 g/mol. The molecule has 5 heteroatoms. The van der Waals surface area contributed by atoms with Gasteiger partial charge in [0, 0.05) is 12.4 Å². The molecule has 1 aromatic rings. The van der Waals surface area contributed by atoms with Crippen LogP contribution in [0, 0.1) is 0 Å². The van der Waals surface area contributed by atoms with Crippen molar-refractivity contribution >= 4 is 11.6 Å². The van der Waals surface area contributed by atoms with E-state index in [2.05, 4.69) is 17.2 Å². The van der Waals surface area contributed by atoms with Gasteiger partial charge in [-0.25, -0.2) is 4.68 Å². The van der Waals surface area contributed by atoms with Crippen LogP contribution in [-0.4, -0.2) is 26.0 Å². The molecule has 0 saturated carbocycles. The van der Waals surface area contributed by atoms with Crippen molar-refractivity contribution in [2.45, 2.75) is 38.8 Å². The first kappa shape index (κ1) is 11.5. The van der Waals surface area contributed by atoms with Gasteiger partial charge in [-0.05, 0) is 19.3 Å². The predicted octanol–water partition coefficient (Wildman–Crippen LogP) is 1.74. The highest BCUT2D eigenvalue weighted by atomic mass is 35.5. The molecule has 1 unspecified atom stereocenters. The van der Waals surface area contributed by atoms with E-state index in [1.54, 1.807) is 10.9 Å². The van der Waals surface area contributed by atoms with Crippen LogP contribution in [0.5, 0.6) is 0 Å². The molecule has 1 aromatic heterocycles. The van der Waals surface area contributed by atoms with Gasteiger partial charge in [-0.3, -0.25) is 0 Å². The Hall–Kier alpha value is -0.610. The molecular formula is C9H16ClN3O. The zero-order valence-electron chi connectivity index (χ0n) is 8.36. The van der Waals surface area contributed by atoms with Gasteiger partial charge in [0.15, 0.2) is 0 Å². The maximum atomic E-state index is 9.79. The van der Waals surface area contributed by atoms with Crippen molar-refractivity contribution in [3.05, 3.63) is 11.9 Å². The standard InChI is InChI=1S/C9H16ClN3O/c1-2-6-13-8(7-11-12-13)9(14)4-3-5-10/h7,9,14H,2-6H2,1H3. The Morgan fingerprint density at radius 3 is 3.07 bits per heavy atom. The van der Waals surface area contributed by atoms with Crippen molar-refractivity contribution in [2.75, 3.05) is 5.88 Å². The fraction of sp³-hybridized carbons (Fsp3) is 0.778. The number of alkyl halides is 1. The molecule has 0 aliphatic heterocycles. The van der Waals surface area contributed by atoms with Gasteiger partial charge < -0.3 is 5.11 Å². The zero-order chi connectivity index (χ0) is 10.4. The zero-order valence-corrected chi connectivity index (χ0v) is 9.11. The van der Waals surface area contributed by atoms with Crippen molar-refractivity contribution in [1.82, 2.24) is 15.0 Å². The SMILES string of the molecule is CCCn1nncc1C(O)CCCCl. The van der Waals surface area contributed by atoms with Gasteiger partial charge in [0.05, 0.1) is 18.0 Å². The van der Waals surface area contributed by atoms with Crippen LogP contribution in [0.2, 0.25) is 0 Å². The number of aliphatic hydroxyl groups excluding tert-OH is 1. The lowest BCUT2D eigenvalue weighted by molar-refractivity contribution is 0.155. The molecule has 1 heterocycles. The maximum absolute atomic E-state index is 9.79. The molecular weight excluding hydrogens is 202 g/mol.